The molecule has 2 N–H and O–H groups in total. The van der Waals surface area contributed by atoms with Gasteiger partial charge >= 0.3 is 0 Å². The van der Waals surface area contributed by atoms with E-state index in [-0.39, 0.29) is 12.0 Å². The Kier molecular flexibility index (Phi) is 4.39. The third kappa shape index (κ3) is 3.59. The summed E-state index contributed by atoms with van der Waals surface area (Å²) in [6.07, 6.45) is 2.44. The molecule has 0 aliphatic rings. The highest BCUT2D eigenvalue weighted by molar-refractivity contribution is 5.54. The summed E-state index contributed by atoms with van der Waals surface area (Å²) in [6.45, 7) is 4.07. The molecule has 0 spiro atoms. The maximum atomic E-state index is 13.1. The minimum Gasteiger partial charge on any atom is -0.366 e. The number of benzene rings is 1. The van der Waals surface area contributed by atoms with E-state index in [2.05, 4.69) is 25.8 Å². The zero-order valence-electron chi connectivity index (χ0n) is 11.2. The Morgan fingerprint density at radius 3 is 2.75 bits per heavy atom. The number of rotatable bonds is 5. The summed E-state index contributed by atoms with van der Waals surface area (Å²) in [5.74, 6) is -1.05. The fourth-order valence-electron chi connectivity index (χ4n) is 1.48. The zero-order chi connectivity index (χ0) is 14.5. The largest absolute Gasteiger partial charge is 0.366 e. The van der Waals surface area contributed by atoms with Gasteiger partial charge in [0.05, 0.1) is 6.20 Å². The lowest BCUT2D eigenvalue weighted by Gasteiger charge is -2.12. The molecule has 0 amide bonds. The van der Waals surface area contributed by atoms with Crippen molar-refractivity contribution in [2.45, 2.75) is 26.3 Å². The van der Waals surface area contributed by atoms with Gasteiger partial charge in [-0.3, -0.25) is 0 Å². The fraction of sp³-hybridized carbons (Fsp3) is 0.308. The molecule has 0 bridgehead atoms. The molecule has 0 saturated carbocycles. The van der Waals surface area contributed by atoms with E-state index >= 15 is 0 Å². The van der Waals surface area contributed by atoms with Gasteiger partial charge < -0.3 is 10.6 Å². The molecule has 5 nitrogen and oxygen atoms in total. The third-order valence-electron chi connectivity index (χ3n) is 2.74. The number of nitrogens with one attached hydrogen (secondary N) is 2. The maximum absolute atomic E-state index is 13.1. The highest BCUT2D eigenvalue weighted by Crippen LogP contribution is 2.17. The van der Waals surface area contributed by atoms with Gasteiger partial charge in [-0.1, -0.05) is 6.92 Å². The number of aromatic nitrogens is 3. The van der Waals surface area contributed by atoms with Crippen molar-refractivity contribution in [3.05, 3.63) is 36.0 Å². The highest BCUT2D eigenvalue weighted by atomic mass is 19.2. The molecule has 0 aliphatic heterocycles. The molecule has 2 aromatic rings. The second-order valence-corrected chi connectivity index (χ2v) is 4.37. The first-order valence-electron chi connectivity index (χ1n) is 6.27. The lowest BCUT2D eigenvalue weighted by Crippen LogP contribution is -2.15. The molecule has 0 fully saturated rings. The first-order chi connectivity index (χ1) is 9.58. The first kappa shape index (κ1) is 14.1. The van der Waals surface area contributed by atoms with E-state index in [9.17, 15) is 8.78 Å². The Bertz CT molecular complexity index is 591. The van der Waals surface area contributed by atoms with E-state index in [4.69, 9.17) is 0 Å². The van der Waals surface area contributed by atoms with Crippen LogP contribution in [-0.2, 0) is 0 Å². The van der Waals surface area contributed by atoms with Gasteiger partial charge in [0.15, 0.2) is 17.5 Å². The summed E-state index contributed by atoms with van der Waals surface area (Å²) in [4.78, 5) is 4.20. The van der Waals surface area contributed by atoms with Gasteiger partial charge in [-0.05, 0) is 25.5 Å². The Hall–Kier alpha value is -2.31. The van der Waals surface area contributed by atoms with Crippen LogP contribution in [0.4, 0.5) is 26.2 Å². The third-order valence-corrected chi connectivity index (χ3v) is 2.74. The standard InChI is InChI=1S/C13H15F2N5/c1-3-8(2)17-12-7-16-20-13(19-12)18-9-4-5-10(14)11(15)6-9/h4-8H,3H2,1-2H3,(H2,17,18,19,20). The number of nitrogens with zero attached hydrogens (tertiary/aromatic N) is 3. The van der Waals surface area contributed by atoms with Crippen molar-refractivity contribution < 1.29 is 8.78 Å². The van der Waals surface area contributed by atoms with Crippen LogP contribution in [0.3, 0.4) is 0 Å². The minimum atomic E-state index is -0.933. The molecule has 20 heavy (non-hydrogen) atoms. The molecule has 0 aliphatic carbocycles. The van der Waals surface area contributed by atoms with Crippen molar-refractivity contribution in [3.8, 4) is 0 Å². The van der Waals surface area contributed by atoms with E-state index in [1.165, 1.54) is 12.3 Å². The predicted octanol–water partition coefficient (Wildman–Crippen LogP) is 3.10. The van der Waals surface area contributed by atoms with E-state index in [0.29, 0.717) is 11.5 Å². The van der Waals surface area contributed by atoms with Gasteiger partial charge in [-0.25, -0.2) is 8.78 Å². The number of anilines is 3. The molecule has 1 heterocycles. The number of hydrogen-bond donors (Lipinski definition) is 2. The second-order valence-electron chi connectivity index (χ2n) is 4.37. The molecule has 106 valence electrons. The lowest BCUT2D eigenvalue weighted by molar-refractivity contribution is 0.509. The summed E-state index contributed by atoms with van der Waals surface area (Å²) in [5.41, 5.74) is 0.353. The van der Waals surface area contributed by atoms with Crippen LogP contribution in [0.25, 0.3) is 0 Å². The van der Waals surface area contributed by atoms with Crippen LogP contribution in [0.2, 0.25) is 0 Å². The molecule has 2 rings (SSSR count). The summed E-state index contributed by atoms with van der Waals surface area (Å²) >= 11 is 0. The molecule has 1 aromatic carbocycles. The average Bonchev–Trinajstić information content (AvgIpc) is 2.43. The van der Waals surface area contributed by atoms with E-state index in [1.54, 1.807) is 0 Å². The van der Waals surface area contributed by atoms with Gasteiger partial charge in [0.2, 0.25) is 5.95 Å². The Morgan fingerprint density at radius 1 is 1.25 bits per heavy atom. The topological polar surface area (TPSA) is 62.7 Å². The minimum absolute atomic E-state index is 0.212. The Balaban J connectivity index is 2.12. The summed E-state index contributed by atoms with van der Waals surface area (Å²) in [6, 6.07) is 3.72. The van der Waals surface area contributed by atoms with Crippen LogP contribution < -0.4 is 10.6 Å². The van der Waals surface area contributed by atoms with E-state index in [0.717, 1.165) is 18.6 Å². The molecular weight excluding hydrogens is 264 g/mol. The van der Waals surface area contributed by atoms with Crippen molar-refractivity contribution in [2.75, 3.05) is 10.6 Å². The van der Waals surface area contributed by atoms with Crippen LogP contribution in [0.1, 0.15) is 20.3 Å². The Labute approximate surface area is 115 Å². The SMILES string of the molecule is CCC(C)Nc1cnnc(Nc2ccc(F)c(F)c2)n1. The maximum Gasteiger partial charge on any atom is 0.249 e. The smallest absolute Gasteiger partial charge is 0.249 e. The predicted molar refractivity (Wildman–Crippen MR) is 72.8 cm³/mol. The van der Waals surface area contributed by atoms with Crippen LogP contribution in [0.5, 0.6) is 0 Å². The van der Waals surface area contributed by atoms with Crippen LogP contribution in [-0.4, -0.2) is 21.2 Å². The zero-order valence-corrected chi connectivity index (χ0v) is 11.2. The van der Waals surface area contributed by atoms with Gasteiger partial charge in [0.1, 0.15) is 0 Å². The number of hydrogen-bond acceptors (Lipinski definition) is 5. The van der Waals surface area contributed by atoms with Crippen LogP contribution >= 0.6 is 0 Å². The van der Waals surface area contributed by atoms with Gasteiger partial charge in [-0.2, -0.15) is 10.1 Å². The van der Waals surface area contributed by atoms with Crippen molar-refractivity contribution in [3.63, 3.8) is 0 Å². The van der Waals surface area contributed by atoms with E-state index in [1.807, 2.05) is 13.8 Å². The molecule has 7 heteroatoms. The van der Waals surface area contributed by atoms with E-state index < -0.39 is 11.6 Å². The monoisotopic (exact) mass is 279 g/mol. The van der Waals surface area contributed by atoms with Crippen molar-refractivity contribution >= 4 is 17.5 Å². The molecule has 1 atom stereocenters. The number of halogens is 2. The second kappa shape index (κ2) is 6.23. The Morgan fingerprint density at radius 2 is 2.05 bits per heavy atom. The molecule has 0 saturated heterocycles. The highest BCUT2D eigenvalue weighted by Gasteiger charge is 2.06. The lowest BCUT2D eigenvalue weighted by atomic mass is 10.3. The van der Waals surface area contributed by atoms with Gasteiger partial charge in [0, 0.05) is 17.8 Å². The van der Waals surface area contributed by atoms with Crippen molar-refractivity contribution in [1.82, 2.24) is 15.2 Å². The normalized spacial score (nSPS) is 12.0. The summed E-state index contributed by atoms with van der Waals surface area (Å²) < 4.78 is 25.9. The fourth-order valence-corrected chi connectivity index (χ4v) is 1.48. The summed E-state index contributed by atoms with van der Waals surface area (Å²) in [7, 11) is 0. The summed E-state index contributed by atoms with van der Waals surface area (Å²) in [5, 5.41) is 13.5. The quantitative estimate of drug-likeness (QED) is 0.880. The molecular formula is C13H15F2N5. The van der Waals surface area contributed by atoms with Crippen LogP contribution in [0, 0.1) is 11.6 Å². The molecule has 1 unspecified atom stereocenters. The first-order valence-corrected chi connectivity index (χ1v) is 6.27. The van der Waals surface area contributed by atoms with Crippen molar-refractivity contribution in [1.29, 1.82) is 0 Å². The van der Waals surface area contributed by atoms with Gasteiger partial charge in [0.25, 0.3) is 0 Å². The molecule has 1 aromatic heterocycles. The van der Waals surface area contributed by atoms with Crippen LogP contribution in [0.15, 0.2) is 24.4 Å². The van der Waals surface area contributed by atoms with Gasteiger partial charge in [-0.15, -0.1) is 5.10 Å². The average molecular weight is 279 g/mol. The van der Waals surface area contributed by atoms with Crippen molar-refractivity contribution in [2.24, 2.45) is 0 Å². The molecule has 0 radical (unpaired) electrons.